The molecule has 2 amide bonds. The fraction of sp³-hybridized carbons (Fsp3) is 0.619. The van der Waals surface area contributed by atoms with Gasteiger partial charge in [-0.15, -0.1) is 0 Å². The predicted molar refractivity (Wildman–Crippen MR) is 99.1 cm³/mol. The smallest absolute Gasteiger partial charge is 0.225 e. The molecule has 1 saturated carbocycles. The lowest BCUT2D eigenvalue weighted by Crippen LogP contribution is -2.44. The molecule has 3 rings (SSSR count). The van der Waals surface area contributed by atoms with Crippen molar-refractivity contribution in [2.75, 3.05) is 13.1 Å². The molecule has 1 aromatic carbocycles. The van der Waals surface area contributed by atoms with Gasteiger partial charge in [-0.05, 0) is 37.7 Å². The molecular weight excluding hydrogens is 312 g/mol. The van der Waals surface area contributed by atoms with E-state index < -0.39 is 0 Å². The van der Waals surface area contributed by atoms with Gasteiger partial charge in [0.25, 0.3) is 0 Å². The average molecular weight is 342 g/mol. The Kier molecular flexibility index (Phi) is 5.77. The second kappa shape index (κ2) is 8.03. The Hall–Kier alpha value is -1.84. The number of hydrogen-bond acceptors (Lipinski definition) is 2. The minimum Gasteiger partial charge on any atom is -0.353 e. The Morgan fingerprint density at radius 1 is 1.20 bits per heavy atom. The number of hydrogen-bond donors (Lipinski definition) is 1. The van der Waals surface area contributed by atoms with Crippen molar-refractivity contribution in [2.24, 2.45) is 11.8 Å². The number of amides is 2. The van der Waals surface area contributed by atoms with Crippen molar-refractivity contribution in [3.63, 3.8) is 0 Å². The molecule has 0 radical (unpaired) electrons. The molecule has 2 fully saturated rings. The molecule has 0 unspecified atom stereocenters. The minimum absolute atomic E-state index is 0.0740. The summed E-state index contributed by atoms with van der Waals surface area (Å²) < 4.78 is 0. The third-order valence-electron chi connectivity index (χ3n) is 5.82. The van der Waals surface area contributed by atoms with E-state index in [4.69, 9.17) is 0 Å². The molecule has 4 nitrogen and oxygen atoms in total. The first kappa shape index (κ1) is 18.0. The lowest BCUT2D eigenvalue weighted by molar-refractivity contribution is -0.129. The summed E-state index contributed by atoms with van der Waals surface area (Å²) in [6.45, 7) is 5.56. The standard InChI is InChI=1S/C21H30N2O2/c1-15-7-9-17(10-8-15)11-12-23-14-18(13-20(23)24)21(25)22-19-6-4-3-5-16(19)2/h7-10,16,18-19H,3-6,11-14H2,1-2H3,(H,22,25)/t16-,18+,19-/m0/s1. The maximum Gasteiger partial charge on any atom is 0.225 e. The summed E-state index contributed by atoms with van der Waals surface area (Å²) in [5.41, 5.74) is 2.48. The zero-order chi connectivity index (χ0) is 17.8. The quantitative estimate of drug-likeness (QED) is 0.894. The molecule has 1 saturated heterocycles. The van der Waals surface area contributed by atoms with Crippen molar-refractivity contribution in [2.45, 2.75) is 58.4 Å². The lowest BCUT2D eigenvalue weighted by Gasteiger charge is -2.30. The van der Waals surface area contributed by atoms with E-state index in [1.807, 2.05) is 4.90 Å². The van der Waals surface area contributed by atoms with Crippen LogP contribution in [-0.4, -0.2) is 35.8 Å². The molecule has 1 N–H and O–H groups in total. The van der Waals surface area contributed by atoms with Gasteiger partial charge in [-0.1, -0.05) is 49.6 Å². The predicted octanol–water partition coefficient (Wildman–Crippen LogP) is 3.08. The third kappa shape index (κ3) is 4.62. The number of benzene rings is 1. The highest BCUT2D eigenvalue weighted by atomic mass is 16.2. The maximum atomic E-state index is 12.6. The van der Waals surface area contributed by atoms with E-state index in [0.29, 0.717) is 25.4 Å². The van der Waals surface area contributed by atoms with Gasteiger partial charge in [-0.25, -0.2) is 0 Å². The van der Waals surface area contributed by atoms with E-state index in [9.17, 15) is 9.59 Å². The largest absolute Gasteiger partial charge is 0.353 e. The molecule has 136 valence electrons. The number of carbonyl (C=O) groups excluding carboxylic acids is 2. The topological polar surface area (TPSA) is 49.4 Å². The van der Waals surface area contributed by atoms with E-state index in [1.54, 1.807) is 0 Å². The molecule has 2 aliphatic rings. The molecule has 3 atom stereocenters. The fourth-order valence-electron chi connectivity index (χ4n) is 4.01. The van der Waals surface area contributed by atoms with Crippen LogP contribution >= 0.6 is 0 Å². The van der Waals surface area contributed by atoms with Crippen molar-refractivity contribution in [1.82, 2.24) is 10.2 Å². The molecule has 0 aromatic heterocycles. The van der Waals surface area contributed by atoms with Crippen molar-refractivity contribution >= 4 is 11.8 Å². The summed E-state index contributed by atoms with van der Waals surface area (Å²) in [4.78, 5) is 26.7. The van der Waals surface area contributed by atoms with Crippen LogP contribution in [0.3, 0.4) is 0 Å². The molecule has 4 heteroatoms. The minimum atomic E-state index is -0.181. The zero-order valence-corrected chi connectivity index (χ0v) is 15.5. The van der Waals surface area contributed by atoms with Gasteiger partial charge in [-0.2, -0.15) is 0 Å². The number of carbonyl (C=O) groups is 2. The Balaban J connectivity index is 1.49. The first-order chi connectivity index (χ1) is 12.0. The van der Waals surface area contributed by atoms with Crippen molar-refractivity contribution in [1.29, 1.82) is 0 Å². The van der Waals surface area contributed by atoms with Crippen LogP contribution in [0.2, 0.25) is 0 Å². The Morgan fingerprint density at radius 2 is 1.92 bits per heavy atom. The summed E-state index contributed by atoms with van der Waals surface area (Å²) >= 11 is 0. The monoisotopic (exact) mass is 342 g/mol. The molecule has 1 aliphatic heterocycles. The molecule has 0 bridgehead atoms. The molecule has 1 aliphatic carbocycles. The van der Waals surface area contributed by atoms with Crippen LogP contribution in [0.25, 0.3) is 0 Å². The van der Waals surface area contributed by atoms with Gasteiger partial charge in [0.15, 0.2) is 0 Å². The number of rotatable bonds is 5. The highest BCUT2D eigenvalue weighted by molar-refractivity contribution is 5.89. The van der Waals surface area contributed by atoms with Crippen LogP contribution in [0.1, 0.15) is 50.2 Å². The van der Waals surface area contributed by atoms with Crippen LogP contribution < -0.4 is 5.32 Å². The van der Waals surface area contributed by atoms with E-state index in [1.165, 1.54) is 30.4 Å². The van der Waals surface area contributed by atoms with E-state index in [-0.39, 0.29) is 23.8 Å². The number of likely N-dealkylation sites (tertiary alicyclic amines) is 1. The second-order valence-electron chi connectivity index (χ2n) is 7.85. The van der Waals surface area contributed by atoms with Crippen LogP contribution in [0.15, 0.2) is 24.3 Å². The Morgan fingerprint density at radius 3 is 2.64 bits per heavy atom. The highest BCUT2D eigenvalue weighted by Gasteiger charge is 2.35. The van der Waals surface area contributed by atoms with E-state index in [2.05, 4.69) is 43.4 Å². The van der Waals surface area contributed by atoms with Gasteiger partial charge in [-0.3, -0.25) is 9.59 Å². The molecule has 1 heterocycles. The fourth-order valence-corrected chi connectivity index (χ4v) is 4.01. The van der Waals surface area contributed by atoms with Gasteiger partial charge in [0.05, 0.1) is 5.92 Å². The van der Waals surface area contributed by atoms with Crippen LogP contribution in [0, 0.1) is 18.8 Å². The van der Waals surface area contributed by atoms with Crippen LogP contribution in [0.4, 0.5) is 0 Å². The first-order valence-corrected chi connectivity index (χ1v) is 9.66. The second-order valence-corrected chi connectivity index (χ2v) is 7.85. The Bertz CT molecular complexity index is 611. The normalized spacial score (nSPS) is 26.7. The number of nitrogens with zero attached hydrogens (tertiary/aromatic N) is 1. The SMILES string of the molecule is Cc1ccc(CCN2C[C@H](C(=O)N[C@H]3CCCC[C@@H]3C)CC2=O)cc1. The van der Waals surface area contributed by atoms with E-state index >= 15 is 0 Å². The average Bonchev–Trinajstić information content (AvgIpc) is 2.97. The molecule has 1 aromatic rings. The summed E-state index contributed by atoms with van der Waals surface area (Å²) in [6.07, 6.45) is 5.94. The van der Waals surface area contributed by atoms with E-state index in [0.717, 1.165) is 12.8 Å². The molecular formula is C21H30N2O2. The van der Waals surface area contributed by atoms with Crippen molar-refractivity contribution in [3.8, 4) is 0 Å². The van der Waals surface area contributed by atoms with Gasteiger partial charge >= 0.3 is 0 Å². The summed E-state index contributed by atoms with van der Waals surface area (Å²) in [5, 5.41) is 3.21. The Labute approximate surface area is 151 Å². The van der Waals surface area contributed by atoms with Gasteiger partial charge in [0.1, 0.15) is 0 Å². The highest BCUT2D eigenvalue weighted by Crippen LogP contribution is 2.25. The van der Waals surface area contributed by atoms with Crippen LogP contribution in [0.5, 0.6) is 0 Å². The van der Waals surface area contributed by atoms with Gasteiger partial charge < -0.3 is 10.2 Å². The van der Waals surface area contributed by atoms with Gasteiger partial charge in [0, 0.05) is 25.6 Å². The zero-order valence-electron chi connectivity index (χ0n) is 15.5. The third-order valence-corrected chi connectivity index (χ3v) is 5.82. The lowest BCUT2D eigenvalue weighted by atomic mass is 9.85. The van der Waals surface area contributed by atoms with Crippen molar-refractivity contribution < 1.29 is 9.59 Å². The summed E-state index contributed by atoms with van der Waals surface area (Å²) in [7, 11) is 0. The molecule has 0 spiro atoms. The summed E-state index contributed by atoms with van der Waals surface area (Å²) in [6, 6.07) is 8.72. The maximum absolute atomic E-state index is 12.6. The molecule has 25 heavy (non-hydrogen) atoms. The van der Waals surface area contributed by atoms with Gasteiger partial charge in [0.2, 0.25) is 11.8 Å². The summed E-state index contributed by atoms with van der Waals surface area (Å²) in [5.74, 6) is 0.556. The number of nitrogens with one attached hydrogen (secondary N) is 1. The van der Waals surface area contributed by atoms with Crippen LogP contribution in [-0.2, 0) is 16.0 Å². The number of aryl methyl sites for hydroxylation is 1. The first-order valence-electron chi connectivity index (χ1n) is 9.66. The van der Waals surface area contributed by atoms with Crippen molar-refractivity contribution in [3.05, 3.63) is 35.4 Å².